The first kappa shape index (κ1) is 19.7. The van der Waals surface area contributed by atoms with Crippen LogP contribution in [0.5, 0.6) is 5.75 Å². The first-order chi connectivity index (χ1) is 13.3. The fourth-order valence-electron chi connectivity index (χ4n) is 2.71. The summed E-state index contributed by atoms with van der Waals surface area (Å²) in [6.07, 6.45) is -1.91. The lowest BCUT2D eigenvalue weighted by atomic mass is 10.1. The van der Waals surface area contributed by atoms with Gasteiger partial charge < -0.3 is 10.1 Å². The number of carbonyl (C=O) groups is 1. The third-order valence-electron chi connectivity index (χ3n) is 4.21. The Kier molecular flexibility index (Phi) is 5.53. The largest absolute Gasteiger partial charge is 0.497 e. The number of fused-ring (bicyclic) bond motifs is 1. The first-order valence-corrected chi connectivity index (χ1v) is 8.73. The Morgan fingerprint density at radius 3 is 2.57 bits per heavy atom. The summed E-state index contributed by atoms with van der Waals surface area (Å²) < 4.78 is 46.5. The molecule has 0 saturated heterocycles. The number of unbranched alkanes of at least 4 members (excludes halogenated alkanes) is 1. The Balaban J connectivity index is 2.12. The molecule has 0 aliphatic carbocycles. The third kappa shape index (κ3) is 3.92. The Labute approximate surface area is 159 Å². The van der Waals surface area contributed by atoms with Crippen molar-refractivity contribution in [1.29, 1.82) is 0 Å². The molecular weight excluding hydrogens is 373 g/mol. The van der Waals surface area contributed by atoms with E-state index in [-0.39, 0.29) is 16.9 Å². The van der Waals surface area contributed by atoms with Crippen LogP contribution in [-0.4, -0.2) is 34.2 Å². The molecule has 0 unspecified atom stereocenters. The second-order valence-corrected chi connectivity index (χ2v) is 6.16. The van der Waals surface area contributed by atoms with Gasteiger partial charge in [0.15, 0.2) is 11.3 Å². The zero-order valence-corrected chi connectivity index (χ0v) is 15.4. The van der Waals surface area contributed by atoms with Crippen molar-refractivity contribution in [2.24, 2.45) is 0 Å². The fourth-order valence-corrected chi connectivity index (χ4v) is 2.71. The van der Waals surface area contributed by atoms with Crippen molar-refractivity contribution in [3.63, 3.8) is 0 Å². The van der Waals surface area contributed by atoms with Crippen LogP contribution in [0, 0.1) is 0 Å². The smallest absolute Gasteiger partial charge is 0.433 e. The van der Waals surface area contributed by atoms with Crippen LogP contribution in [0.25, 0.3) is 16.9 Å². The van der Waals surface area contributed by atoms with E-state index in [1.807, 2.05) is 6.92 Å². The van der Waals surface area contributed by atoms with Crippen LogP contribution in [0.4, 0.5) is 13.2 Å². The minimum atomic E-state index is -4.66. The maximum absolute atomic E-state index is 13.6. The molecule has 148 valence electrons. The number of aromatic nitrogens is 3. The van der Waals surface area contributed by atoms with Gasteiger partial charge >= 0.3 is 6.18 Å². The number of amides is 1. The number of hydrogen-bond acceptors (Lipinski definition) is 4. The van der Waals surface area contributed by atoms with Crippen molar-refractivity contribution in [3.05, 3.63) is 47.8 Å². The molecule has 9 heteroatoms. The van der Waals surface area contributed by atoms with Crippen molar-refractivity contribution in [2.75, 3.05) is 13.7 Å². The number of alkyl halides is 3. The summed E-state index contributed by atoms with van der Waals surface area (Å²) in [6, 6.07) is 7.39. The predicted molar refractivity (Wildman–Crippen MR) is 97.2 cm³/mol. The predicted octanol–water partition coefficient (Wildman–Crippen LogP) is 3.95. The standard InChI is InChI=1S/C19H19F3N4O2/c1-3-4-9-23-18(27)14-11-24-26-16(19(20,21)22)10-15(25-17(14)26)12-5-7-13(28-2)8-6-12/h5-8,10-11H,3-4,9H2,1-2H3,(H,23,27). The van der Waals surface area contributed by atoms with Gasteiger partial charge in [-0.2, -0.15) is 18.3 Å². The second-order valence-electron chi connectivity index (χ2n) is 6.16. The molecule has 6 nitrogen and oxygen atoms in total. The Hall–Kier alpha value is -3.10. The number of nitrogens with zero attached hydrogens (tertiary/aromatic N) is 3. The van der Waals surface area contributed by atoms with E-state index < -0.39 is 17.8 Å². The van der Waals surface area contributed by atoms with Crippen LogP contribution in [-0.2, 0) is 6.18 Å². The van der Waals surface area contributed by atoms with Gasteiger partial charge in [0.2, 0.25) is 0 Å². The van der Waals surface area contributed by atoms with Crippen LogP contribution in [0.3, 0.4) is 0 Å². The minimum absolute atomic E-state index is 0.00281. The number of hydrogen-bond donors (Lipinski definition) is 1. The van der Waals surface area contributed by atoms with Crippen molar-refractivity contribution in [2.45, 2.75) is 25.9 Å². The molecule has 0 radical (unpaired) electrons. The van der Waals surface area contributed by atoms with Gasteiger partial charge in [-0.25, -0.2) is 9.50 Å². The number of nitrogens with one attached hydrogen (secondary N) is 1. The van der Waals surface area contributed by atoms with E-state index in [0.717, 1.165) is 25.1 Å². The van der Waals surface area contributed by atoms with Crippen LogP contribution in [0.2, 0.25) is 0 Å². The Bertz CT molecular complexity index is 981. The molecular formula is C19H19F3N4O2. The lowest BCUT2D eigenvalue weighted by molar-refractivity contribution is -0.142. The van der Waals surface area contributed by atoms with E-state index in [0.29, 0.717) is 22.4 Å². The lowest BCUT2D eigenvalue weighted by Gasteiger charge is -2.12. The van der Waals surface area contributed by atoms with Crippen LogP contribution in [0.1, 0.15) is 35.8 Å². The molecule has 3 aromatic rings. The van der Waals surface area contributed by atoms with Gasteiger partial charge in [0.1, 0.15) is 11.3 Å². The Morgan fingerprint density at radius 1 is 1.25 bits per heavy atom. The summed E-state index contributed by atoms with van der Waals surface area (Å²) in [5.74, 6) is 0.0668. The highest BCUT2D eigenvalue weighted by molar-refractivity contribution is 5.99. The van der Waals surface area contributed by atoms with Crippen molar-refractivity contribution >= 4 is 11.6 Å². The SMILES string of the molecule is CCCCNC(=O)c1cnn2c(C(F)(F)F)cc(-c3ccc(OC)cc3)nc12. The number of methoxy groups -OCH3 is 1. The molecule has 0 atom stereocenters. The number of carbonyl (C=O) groups excluding carboxylic acids is 1. The molecule has 28 heavy (non-hydrogen) atoms. The molecule has 2 heterocycles. The molecule has 0 saturated carbocycles. The van der Waals surface area contributed by atoms with E-state index in [1.165, 1.54) is 7.11 Å². The van der Waals surface area contributed by atoms with Gasteiger partial charge in [0.05, 0.1) is 19.0 Å². The van der Waals surface area contributed by atoms with Gasteiger partial charge in [0.25, 0.3) is 5.91 Å². The second kappa shape index (κ2) is 7.87. The quantitative estimate of drug-likeness (QED) is 0.645. The van der Waals surface area contributed by atoms with E-state index in [1.54, 1.807) is 24.3 Å². The van der Waals surface area contributed by atoms with E-state index >= 15 is 0 Å². The first-order valence-electron chi connectivity index (χ1n) is 8.73. The molecule has 2 aromatic heterocycles. The minimum Gasteiger partial charge on any atom is -0.497 e. The summed E-state index contributed by atoms with van der Waals surface area (Å²) in [5, 5.41) is 6.43. The number of halogens is 3. The van der Waals surface area contributed by atoms with E-state index in [4.69, 9.17) is 4.74 Å². The third-order valence-corrected chi connectivity index (χ3v) is 4.21. The maximum Gasteiger partial charge on any atom is 0.433 e. The Morgan fingerprint density at radius 2 is 1.96 bits per heavy atom. The molecule has 0 aliphatic rings. The van der Waals surface area contributed by atoms with Crippen molar-refractivity contribution in [3.8, 4) is 17.0 Å². The summed E-state index contributed by atoms with van der Waals surface area (Å²) in [5.41, 5.74) is -0.597. The molecule has 1 amide bonds. The summed E-state index contributed by atoms with van der Waals surface area (Å²) in [6.45, 7) is 2.40. The average Bonchev–Trinajstić information content (AvgIpc) is 3.10. The van der Waals surface area contributed by atoms with Gasteiger partial charge in [-0.3, -0.25) is 4.79 Å². The number of benzene rings is 1. The number of rotatable bonds is 6. The van der Waals surface area contributed by atoms with Gasteiger partial charge in [-0.1, -0.05) is 13.3 Å². The van der Waals surface area contributed by atoms with Crippen LogP contribution in [0.15, 0.2) is 36.5 Å². The van der Waals surface area contributed by atoms with Crippen molar-refractivity contribution in [1.82, 2.24) is 19.9 Å². The molecule has 0 fully saturated rings. The summed E-state index contributed by atoms with van der Waals surface area (Å²) in [4.78, 5) is 16.7. The summed E-state index contributed by atoms with van der Waals surface area (Å²) in [7, 11) is 1.50. The fraction of sp³-hybridized carbons (Fsp3) is 0.316. The molecule has 1 aromatic carbocycles. The highest BCUT2D eigenvalue weighted by Gasteiger charge is 2.36. The van der Waals surface area contributed by atoms with Gasteiger partial charge in [-0.05, 0) is 36.8 Å². The zero-order chi connectivity index (χ0) is 20.3. The monoisotopic (exact) mass is 392 g/mol. The van der Waals surface area contributed by atoms with E-state index in [2.05, 4.69) is 15.4 Å². The van der Waals surface area contributed by atoms with Crippen LogP contribution >= 0.6 is 0 Å². The highest BCUT2D eigenvalue weighted by atomic mass is 19.4. The normalized spacial score (nSPS) is 11.6. The van der Waals surface area contributed by atoms with Gasteiger partial charge in [0, 0.05) is 12.1 Å². The molecule has 0 aliphatic heterocycles. The molecule has 1 N–H and O–H groups in total. The van der Waals surface area contributed by atoms with Crippen molar-refractivity contribution < 1.29 is 22.7 Å². The molecule has 3 rings (SSSR count). The highest BCUT2D eigenvalue weighted by Crippen LogP contribution is 2.33. The number of ether oxygens (including phenoxy) is 1. The molecule has 0 bridgehead atoms. The van der Waals surface area contributed by atoms with E-state index in [9.17, 15) is 18.0 Å². The van der Waals surface area contributed by atoms with Gasteiger partial charge in [-0.15, -0.1) is 0 Å². The lowest BCUT2D eigenvalue weighted by Crippen LogP contribution is -2.24. The topological polar surface area (TPSA) is 68.5 Å². The molecule has 0 spiro atoms. The average molecular weight is 392 g/mol. The van der Waals surface area contributed by atoms with Crippen LogP contribution < -0.4 is 10.1 Å². The maximum atomic E-state index is 13.6. The summed E-state index contributed by atoms with van der Waals surface area (Å²) >= 11 is 0. The zero-order valence-electron chi connectivity index (χ0n) is 15.4.